The zero-order valence-corrected chi connectivity index (χ0v) is 24.4. The highest BCUT2D eigenvalue weighted by Crippen LogP contribution is 2.66. The van der Waals surface area contributed by atoms with E-state index in [4.69, 9.17) is 9.29 Å². The number of hydrogen-bond donors (Lipinski definition) is 2. The molecular weight excluding hydrogens is 572 g/mol. The highest BCUT2D eigenvalue weighted by Gasteiger charge is 2.67. The molecule has 0 bridgehead atoms. The van der Waals surface area contributed by atoms with Crippen molar-refractivity contribution in [3.05, 3.63) is 0 Å². The molecule has 0 amide bonds. The van der Waals surface area contributed by atoms with Crippen molar-refractivity contribution in [2.75, 3.05) is 6.61 Å². The average molecular weight is 613 g/mol. The van der Waals surface area contributed by atoms with Gasteiger partial charge in [-0.25, -0.2) is 0 Å². The van der Waals surface area contributed by atoms with Crippen LogP contribution in [-0.4, -0.2) is 59.5 Å². The lowest BCUT2D eigenvalue weighted by molar-refractivity contribution is -0.184. The lowest BCUT2D eigenvalue weighted by Gasteiger charge is -2.58. The number of ether oxygens (including phenoxy) is 1. The van der Waals surface area contributed by atoms with E-state index >= 15 is 0 Å². The molecule has 4 saturated carbocycles. The molecule has 0 aromatic rings. The van der Waals surface area contributed by atoms with Gasteiger partial charge in [-0.1, -0.05) is 20.8 Å². The number of aliphatic hydroxyl groups is 1. The molecule has 4 fully saturated rings. The fourth-order valence-corrected chi connectivity index (χ4v) is 9.22. The highest BCUT2D eigenvalue weighted by molar-refractivity contribution is 7.87. The first-order valence-electron chi connectivity index (χ1n) is 14.4. The minimum Gasteiger partial charge on any atom is -0.368 e. The first-order chi connectivity index (χ1) is 18.8. The van der Waals surface area contributed by atoms with Gasteiger partial charge in [0.1, 0.15) is 17.3 Å². The Morgan fingerprint density at radius 3 is 2.32 bits per heavy atom. The zero-order chi connectivity index (χ0) is 30.8. The fourth-order valence-electron chi connectivity index (χ4n) is 8.74. The second-order valence-electron chi connectivity index (χ2n) is 13.3. The largest absolute Gasteiger partial charge is 0.431 e. The minimum absolute atomic E-state index is 0.0218. The average Bonchev–Trinajstić information content (AvgIpc) is 3.22. The van der Waals surface area contributed by atoms with Crippen LogP contribution in [0.15, 0.2) is 0 Å². The van der Waals surface area contributed by atoms with Crippen molar-refractivity contribution in [3.63, 3.8) is 0 Å². The number of carbonyl (C=O) groups is 3. The van der Waals surface area contributed by atoms with E-state index in [-0.39, 0.29) is 64.7 Å². The smallest absolute Gasteiger partial charge is 0.368 e. The Labute approximate surface area is 237 Å². The quantitative estimate of drug-likeness (QED) is 0.204. The van der Waals surface area contributed by atoms with E-state index in [1.807, 2.05) is 13.8 Å². The third-order valence-electron chi connectivity index (χ3n) is 11.2. The van der Waals surface area contributed by atoms with Gasteiger partial charge in [0, 0.05) is 43.4 Å². The van der Waals surface area contributed by atoms with Crippen LogP contribution in [0.3, 0.4) is 0 Å². The van der Waals surface area contributed by atoms with Crippen molar-refractivity contribution in [2.24, 2.45) is 46.3 Å². The first kappa shape index (κ1) is 32.5. The minimum atomic E-state index is -6.35. The second-order valence-corrected chi connectivity index (χ2v) is 14.7. The molecule has 0 aromatic heterocycles. The topological polar surface area (TPSA) is 135 Å². The fraction of sp³-hybridized carbons (Fsp3) is 0.893. The van der Waals surface area contributed by atoms with E-state index in [2.05, 4.69) is 6.92 Å². The third kappa shape index (κ3) is 5.42. The van der Waals surface area contributed by atoms with Crippen LogP contribution < -0.4 is 0 Å². The van der Waals surface area contributed by atoms with Crippen molar-refractivity contribution in [1.82, 2.24) is 0 Å². The number of alkyl halides is 4. The standard InChI is InChI=1S/C28H40F4O8S/c1-15(4-7-23(36)40-11-10-27(29,30)28(31,32)41(37,38)39)18-5-6-19-24-20(14-22(35)26(18,19)3)25(2)9-8-17(33)12-16(25)13-21(24)34/h15-16,18-20,23-24,36H,4-14H2,1-3H3,(H,37,38,39)/t15-,16?,18-,19+,20+,23?,24+,25+,26-/m1/s1. The molecular formula is C28H40F4O8S. The second kappa shape index (κ2) is 10.9. The number of aliphatic hydroxyl groups excluding tert-OH is 1. The normalized spacial score (nSPS) is 37.8. The van der Waals surface area contributed by atoms with E-state index in [0.717, 1.165) is 0 Å². The number of halogens is 4. The van der Waals surface area contributed by atoms with Crippen LogP contribution >= 0.6 is 0 Å². The van der Waals surface area contributed by atoms with Gasteiger partial charge in [-0.3, -0.25) is 18.9 Å². The Kier molecular flexibility index (Phi) is 8.65. The maximum Gasteiger partial charge on any atom is 0.431 e. The third-order valence-corrected chi connectivity index (χ3v) is 12.2. The van der Waals surface area contributed by atoms with Crippen molar-refractivity contribution in [2.45, 2.75) is 102 Å². The van der Waals surface area contributed by atoms with Crippen molar-refractivity contribution < 1.29 is 54.8 Å². The predicted molar refractivity (Wildman–Crippen MR) is 137 cm³/mol. The van der Waals surface area contributed by atoms with Crippen LogP contribution in [0.5, 0.6) is 0 Å². The van der Waals surface area contributed by atoms with Crippen molar-refractivity contribution in [3.8, 4) is 0 Å². The van der Waals surface area contributed by atoms with Crippen LogP contribution in [0.25, 0.3) is 0 Å². The number of fused-ring (bicyclic) bond motifs is 5. The molecule has 41 heavy (non-hydrogen) atoms. The van der Waals surface area contributed by atoms with E-state index in [9.17, 15) is 45.5 Å². The van der Waals surface area contributed by atoms with Gasteiger partial charge in [0.05, 0.1) is 6.61 Å². The van der Waals surface area contributed by atoms with E-state index in [1.165, 1.54) is 0 Å². The molecule has 2 N–H and O–H groups in total. The Hall–Kier alpha value is -1.44. The molecule has 0 heterocycles. The van der Waals surface area contributed by atoms with Crippen LogP contribution in [0.4, 0.5) is 17.6 Å². The molecule has 8 nitrogen and oxygen atoms in total. The van der Waals surface area contributed by atoms with Gasteiger partial charge in [-0.2, -0.15) is 26.0 Å². The summed E-state index contributed by atoms with van der Waals surface area (Å²) in [5.41, 5.74) is -0.962. The lowest BCUT2D eigenvalue weighted by atomic mass is 9.44. The van der Waals surface area contributed by atoms with Crippen LogP contribution in [0.1, 0.15) is 85.0 Å². The van der Waals surface area contributed by atoms with E-state index < -0.39 is 46.0 Å². The van der Waals surface area contributed by atoms with Gasteiger partial charge in [0.2, 0.25) is 0 Å². The molecule has 234 valence electrons. The number of ketones is 3. The van der Waals surface area contributed by atoms with Gasteiger partial charge >= 0.3 is 21.3 Å². The molecule has 0 spiro atoms. The number of carbonyl (C=O) groups excluding carboxylic acids is 3. The molecule has 9 atom stereocenters. The SMILES string of the molecule is C[C@H](CCC(O)OCCC(F)(F)C(F)(F)S(=O)(=O)O)[C@H]1CC[C@H]2[C@@H]3C(=O)CC4CC(=O)CC[C@]4(C)[C@H]3CC(=O)[C@]12C. The maximum absolute atomic E-state index is 13.8. The summed E-state index contributed by atoms with van der Waals surface area (Å²) in [6, 6.07) is 0. The Morgan fingerprint density at radius 1 is 1.02 bits per heavy atom. The maximum atomic E-state index is 13.8. The van der Waals surface area contributed by atoms with Gasteiger partial charge in [0.25, 0.3) is 0 Å². The van der Waals surface area contributed by atoms with Crippen molar-refractivity contribution in [1.29, 1.82) is 0 Å². The molecule has 4 rings (SSSR count). The predicted octanol–water partition coefficient (Wildman–Crippen LogP) is 4.83. The van der Waals surface area contributed by atoms with Gasteiger partial charge in [0.15, 0.2) is 6.29 Å². The summed E-state index contributed by atoms with van der Waals surface area (Å²) in [5, 5.41) is 4.44. The van der Waals surface area contributed by atoms with Gasteiger partial charge in [-0.15, -0.1) is 0 Å². The number of rotatable bonds is 10. The van der Waals surface area contributed by atoms with Gasteiger partial charge in [-0.05, 0) is 67.1 Å². The van der Waals surface area contributed by atoms with Crippen LogP contribution in [0.2, 0.25) is 0 Å². The molecule has 0 saturated heterocycles. The van der Waals surface area contributed by atoms with Crippen molar-refractivity contribution >= 4 is 27.5 Å². The Bertz CT molecular complexity index is 1180. The highest BCUT2D eigenvalue weighted by atomic mass is 32.2. The van der Waals surface area contributed by atoms with Gasteiger partial charge < -0.3 is 9.84 Å². The van der Waals surface area contributed by atoms with E-state index in [0.29, 0.717) is 51.4 Å². The summed E-state index contributed by atoms with van der Waals surface area (Å²) in [7, 11) is -6.35. The zero-order valence-electron chi connectivity index (χ0n) is 23.6. The summed E-state index contributed by atoms with van der Waals surface area (Å²) in [6.07, 6.45) is 0.607. The van der Waals surface area contributed by atoms with Crippen LogP contribution in [0, 0.1) is 46.3 Å². The summed E-state index contributed by atoms with van der Waals surface area (Å²) in [4.78, 5) is 39.4. The number of hydrogen-bond acceptors (Lipinski definition) is 7. The molecule has 2 unspecified atom stereocenters. The number of Topliss-reactive ketones (excluding diaryl/α,β-unsaturated/α-hetero) is 3. The molecule has 13 heteroatoms. The summed E-state index contributed by atoms with van der Waals surface area (Å²) >= 11 is 0. The monoisotopic (exact) mass is 612 g/mol. The van der Waals surface area contributed by atoms with E-state index in [1.54, 1.807) is 0 Å². The van der Waals surface area contributed by atoms with Crippen LogP contribution in [-0.2, 0) is 29.2 Å². The molecule has 0 aliphatic heterocycles. The molecule has 4 aliphatic rings. The Balaban J connectivity index is 1.37. The summed E-state index contributed by atoms with van der Waals surface area (Å²) in [6.45, 7) is 4.91. The Morgan fingerprint density at radius 2 is 1.68 bits per heavy atom. The summed E-state index contributed by atoms with van der Waals surface area (Å²) < 4.78 is 88.5. The molecule has 0 aromatic carbocycles. The molecule has 4 aliphatic carbocycles. The summed E-state index contributed by atoms with van der Waals surface area (Å²) in [5.74, 6) is -5.32. The lowest BCUT2D eigenvalue weighted by Crippen LogP contribution is -2.60. The molecule has 0 radical (unpaired) electrons. The first-order valence-corrected chi connectivity index (χ1v) is 15.8.